The molecule has 1 aliphatic heterocycles. The molecule has 2 N–H and O–H groups in total. The van der Waals surface area contributed by atoms with Crippen LogP contribution in [0.1, 0.15) is 32.6 Å². The van der Waals surface area contributed by atoms with E-state index in [0.29, 0.717) is 13.1 Å². The van der Waals surface area contributed by atoms with E-state index in [9.17, 15) is 8.42 Å². The molecular weight excluding hydrogens is 200 g/mol. The van der Waals surface area contributed by atoms with Crippen LogP contribution < -0.4 is 5.73 Å². The molecule has 0 spiro atoms. The van der Waals surface area contributed by atoms with Crippen LogP contribution in [0, 0.1) is 0 Å². The van der Waals surface area contributed by atoms with Gasteiger partial charge in [-0.3, -0.25) is 0 Å². The molecule has 1 atom stereocenters. The van der Waals surface area contributed by atoms with Crippen LogP contribution in [0.5, 0.6) is 0 Å². The van der Waals surface area contributed by atoms with Crippen LogP contribution in [0.2, 0.25) is 0 Å². The van der Waals surface area contributed by atoms with Crippen LogP contribution >= 0.6 is 0 Å². The van der Waals surface area contributed by atoms with Gasteiger partial charge >= 0.3 is 0 Å². The van der Waals surface area contributed by atoms with Gasteiger partial charge in [-0.25, -0.2) is 8.42 Å². The van der Waals surface area contributed by atoms with Gasteiger partial charge in [0.2, 0.25) is 10.0 Å². The zero-order valence-corrected chi connectivity index (χ0v) is 9.59. The van der Waals surface area contributed by atoms with E-state index in [2.05, 4.69) is 0 Å². The summed E-state index contributed by atoms with van der Waals surface area (Å²) in [5.74, 6) is 0.184. The zero-order chi connectivity index (χ0) is 10.6. The molecule has 0 aromatic heterocycles. The van der Waals surface area contributed by atoms with Crippen LogP contribution in [-0.2, 0) is 10.0 Å². The summed E-state index contributed by atoms with van der Waals surface area (Å²) < 4.78 is 25.1. The molecule has 1 fully saturated rings. The van der Waals surface area contributed by atoms with Crippen molar-refractivity contribution in [1.29, 1.82) is 0 Å². The lowest BCUT2D eigenvalue weighted by Gasteiger charge is -2.27. The van der Waals surface area contributed by atoms with Crippen LogP contribution in [0.3, 0.4) is 0 Å². The fourth-order valence-corrected chi connectivity index (χ4v) is 3.30. The van der Waals surface area contributed by atoms with Crippen molar-refractivity contribution in [2.75, 3.05) is 18.8 Å². The highest BCUT2D eigenvalue weighted by molar-refractivity contribution is 7.89. The van der Waals surface area contributed by atoms with E-state index in [1.165, 1.54) is 0 Å². The minimum Gasteiger partial charge on any atom is -0.329 e. The van der Waals surface area contributed by atoms with E-state index in [1.807, 2.05) is 0 Å². The van der Waals surface area contributed by atoms with Gasteiger partial charge in [0.05, 0.1) is 5.75 Å². The maximum Gasteiger partial charge on any atom is 0.214 e. The SMILES string of the molecule is CCS(=O)(=O)N1CCCCCC1CN. The third kappa shape index (κ3) is 2.68. The lowest BCUT2D eigenvalue weighted by Crippen LogP contribution is -2.44. The van der Waals surface area contributed by atoms with Crippen LogP contribution in [0.15, 0.2) is 0 Å². The molecule has 0 radical (unpaired) electrons. The maximum atomic E-state index is 11.7. The summed E-state index contributed by atoms with van der Waals surface area (Å²) in [6, 6.07) is 0.0300. The van der Waals surface area contributed by atoms with Crippen molar-refractivity contribution in [2.24, 2.45) is 5.73 Å². The molecule has 84 valence electrons. The molecule has 14 heavy (non-hydrogen) atoms. The predicted molar refractivity (Wildman–Crippen MR) is 57.5 cm³/mol. The molecule has 0 amide bonds. The molecule has 0 aliphatic carbocycles. The highest BCUT2D eigenvalue weighted by atomic mass is 32.2. The van der Waals surface area contributed by atoms with E-state index in [-0.39, 0.29) is 11.8 Å². The number of nitrogens with zero attached hydrogens (tertiary/aromatic N) is 1. The van der Waals surface area contributed by atoms with Gasteiger partial charge in [0.25, 0.3) is 0 Å². The molecule has 5 heteroatoms. The lowest BCUT2D eigenvalue weighted by atomic mass is 10.1. The Morgan fingerprint density at radius 3 is 2.64 bits per heavy atom. The fraction of sp³-hybridized carbons (Fsp3) is 1.00. The van der Waals surface area contributed by atoms with E-state index in [0.717, 1.165) is 25.7 Å². The monoisotopic (exact) mass is 220 g/mol. The van der Waals surface area contributed by atoms with E-state index in [1.54, 1.807) is 11.2 Å². The average Bonchev–Trinajstić information content (AvgIpc) is 2.42. The molecule has 1 unspecified atom stereocenters. The largest absolute Gasteiger partial charge is 0.329 e. The Labute approximate surface area is 86.5 Å². The second-order valence-corrected chi connectivity index (χ2v) is 5.96. The number of hydrogen-bond donors (Lipinski definition) is 1. The Kier molecular flexibility index (Phi) is 4.34. The van der Waals surface area contributed by atoms with Gasteiger partial charge in [0, 0.05) is 19.1 Å². The van der Waals surface area contributed by atoms with Gasteiger partial charge in [0.15, 0.2) is 0 Å². The van der Waals surface area contributed by atoms with Crippen molar-refractivity contribution >= 4 is 10.0 Å². The van der Waals surface area contributed by atoms with Gasteiger partial charge in [-0.1, -0.05) is 12.8 Å². The molecule has 0 aromatic carbocycles. The first kappa shape index (κ1) is 11.9. The highest BCUT2D eigenvalue weighted by Gasteiger charge is 2.28. The van der Waals surface area contributed by atoms with Gasteiger partial charge < -0.3 is 5.73 Å². The van der Waals surface area contributed by atoms with Crippen molar-refractivity contribution in [3.05, 3.63) is 0 Å². The minimum absolute atomic E-state index is 0.0300. The molecule has 1 rings (SSSR count). The first-order valence-corrected chi connectivity index (χ1v) is 6.92. The van der Waals surface area contributed by atoms with Crippen LogP contribution in [0.25, 0.3) is 0 Å². The third-order valence-corrected chi connectivity index (χ3v) is 4.74. The Balaban J connectivity index is 2.80. The average molecular weight is 220 g/mol. The van der Waals surface area contributed by atoms with Crippen LogP contribution in [0.4, 0.5) is 0 Å². The van der Waals surface area contributed by atoms with E-state index in [4.69, 9.17) is 5.73 Å². The summed E-state index contributed by atoms with van der Waals surface area (Å²) >= 11 is 0. The van der Waals surface area contributed by atoms with E-state index >= 15 is 0 Å². The van der Waals surface area contributed by atoms with Gasteiger partial charge in [-0.05, 0) is 19.8 Å². The Bertz CT molecular complexity index is 264. The van der Waals surface area contributed by atoms with Crippen molar-refractivity contribution in [3.8, 4) is 0 Å². The molecule has 4 nitrogen and oxygen atoms in total. The van der Waals surface area contributed by atoms with E-state index < -0.39 is 10.0 Å². The Morgan fingerprint density at radius 2 is 2.07 bits per heavy atom. The number of rotatable bonds is 3. The second-order valence-electron chi connectivity index (χ2n) is 3.75. The van der Waals surface area contributed by atoms with Crippen LogP contribution in [-0.4, -0.2) is 37.6 Å². The van der Waals surface area contributed by atoms with Crippen molar-refractivity contribution in [2.45, 2.75) is 38.6 Å². The second kappa shape index (κ2) is 5.09. The van der Waals surface area contributed by atoms with Crippen molar-refractivity contribution in [3.63, 3.8) is 0 Å². The predicted octanol–water partition coefficient (Wildman–Crippen LogP) is 0.539. The lowest BCUT2D eigenvalue weighted by molar-refractivity contribution is 0.328. The smallest absolute Gasteiger partial charge is 0.214 e. The molecule has 0 aromatic rings. The summed E-state index contributed by atoms with van der Waals surface area (Å²) in [6.07, 6.45) is 4.09. The number of nitrogens with two attached hydrogens (primary N) is 1. The summed E-state index contributed by atoms with van der Waals surface area (Å²) in [6.45, 7) is 2.78. The van der Waals surface area contributed by atoms with Gasteiger partial charge in [-0.15, -0.1) is 0 Å². The number of hydrogen-bond acceptors (Lipinski definition) is 3. The zero-order valence-electron chi connectivity index (χ0n) is 8.78. The summed E-state index contributed by atoms with van der Waals surface area (Å²) in [4.78, 5) is 0. The molecule has 1 aliphatic rings. The van der Waals surface area contributed by atoms with Crippen molar-refractivity contribution in [1.82, 2.24) is 4.31 Å². The first-order valence-electron chi connectivity index (χ1n) is 5.31. The number of sulfonamides is 1. The van der Waals surface area contributed by atoms with Gasteiger partial charge in [0.1, 0.15) is 0 Å². The first-order chi connectivity index (χ1) is 6.61. The fourth-order valence-electron chi connectivity index (χ4n) is 1.92. The quantitative estimate of drug-likeness (QED) is 0.755. The van der Waals surface area contributed by atoms with Gasteiger partial charge in [-0.2, -0.15) is 4.31 Å². The standard InChI is InChI=1S/C9H20N2O2S/c1-2-14(12,13)11-7-5-3-4-6-9(11)8-10/h9H,2-8,10H2,1H3. The Morgan fingerprint density at radius 1 is 1.36 bits per heavy atom. The summed E-state index contributed by atoms with van der Waals surface area (Å²) in [5, 5.41) is 0. The highest BCUT2D eigenvalue weighted by Crippen LogP contribution is 2.19. The minimum atomic E-state index is -3.05. The third-order valence-electron chi connectivity index (χ3n) is 2.82. The molecule has 1 saturated heterocycles. The summed E-state index contributed by atoms with van der Waals surface area (Å²) in [5.41, 5.74) is 5.61. The molecule has 1 heterocycles. The molecule has 0 saturated carbocycles. The normalized spacial score (nSPS) is 26.0. The maximum absolute atomic E-state index is 11.7. The molecular formula is C9H20N2O2S. The summed E-state index contributed by atoms with van der Waals surface area (Å²) in [7, 11) is -3.05. The Hall–Kier alpha value is -0.130. The topological polar surface area (TPSA) is 63.4 Å². The molecule has 0 bridgehead atoms. The van der Waals surface area contributed by atoms with Crippen molar-refractivity contribution < 1.29 is 8.42 Å².